The minimum Gasteiger partial charge on any atom is -0.307 e. The first-order valence-corrected chi connectivity index (χ1v) is 7.43. The lowest BCUT2D eigenvalue weighted by Gasteiger charge is -2.19. The highest BCUT2D eigenvalue weighted by Crippen LogP contribution is 2.23. The molecule has 0 bridgehead atoms. The Balaban J connectivity index is 1.92. The van der Waals surface area contributed by atoms with Crippen molar-refractivity contribution in [1.82, 2.24) is 5.32 Å². The van der Waals surface area contributed by atoms with E-state index < -0.39 is 0 Å². The zero-order chi connectivity index (χ0) is 13.8. The second-order valence-corrected chi connectivity index (χ2v) is 6.39. The van der Waals surface area contributed by atoms with Crippen LogP contribution in [-0.4, -0.2) is 6.04 Å². The summed E-state index contributed by atoms with van der Waals surface area (Å²) < 4.78 is 13.1. The van der Waals surface area contributed by atoms with Gasteiger partial charge in [-0.2, -0.15) is 0 Å². The number of hydrogen-bond acceptors (Lipinski definition) is 2. The standard InChI is InChI=1S/C16H20FNS/c1-11(9-14-5-4-6-15(17)10-14)18-13(3)16-8-7-12(2)19-16/h4-8,10-11,13,18H,9H2,1-3H3. The van der Waals surface area contributed by atoms with Crippen LogP contribution in [0.3, 0.4) is 0 Å². The molecule has 0 spiro atoms. The molecule has 1 aromatic heterocycles. The molecule has 1 nitrogen and oxygen atoms in total. The number of benzene rings is 1. The number of hydrogen-bond donors (Lipinski definition) is 1. The average Bonchev–Trinajstić information content (AvgIpc) is 2.75. The molecule has 0 radical (unpaired) electrons. The van der Waals surface area contributed by atoms with Crippen molar-refractivity contribution in [1.29, 1.82) is 0 Å². The summed E-state index contributed by atoms with van der Waals surface area (Å²) in [6.07, 6.45) is 0.840. The van der Waals surface area contributed by atoms with E-state index in [1.807, 2.05) is 17.4 Å². The van der Waals surface area contributed by atoms with Crippen molar-refractivity contribution in [2.24, 2.45) is 0 Å². The third-order valence-corrected chi connectivity index (χ3v) is 4.34. The van der Waals surface area contributed by atoms with Crippen molar-refractivity contribution >= 4 is 11.3 Å². The van der Waals surface area contributed by atoms with Crippen LogP contribution in [0.1, 0.15) is 35.2 Å². The summed E-state index contributed by atoms with van der Waals surface area (Å²) in [5.41, 5.74) is 1.04. The monoisotopic (exact) mass is 277 g/mol. The number of aryl methyl sites for hydroxylation is 1. The Labute approximate surface area is 118 Å². The van der Waals surface area contributed by atoms with E-state index in [2.05, 4.69) is 38.2 Å². The summed E-state index contributed by atoms with van der Waals surface area (Å²) in [5.74, 6) is -0.161. The Morgan fingerprint density at radius 1 is 1.21 bits per heavy atom. The predicted molar refractivity (Wildman–Crippen MR) is 80.2 cm³/mol. The Morgan fingerprint density at radius 3 is 2.63 bits per heavy atom. The maximum absolute atomic E-state index is 13.1. The Hall–Kier alpha value is -1.19. The molecule has 1 aromatic carbocycles. The van der Waals surface area contributed by atoms with Crippen molar-refractivity contribution in [3.63, 3.8) is 0 Å². The molecule has 2 atom stereocenters. The Morgan fingerprint density at radius 2 is 2.00 bits per heavy atom. The fourth-order valence-electron chi connectivity index (χ4n) is 2.27. The molecule has 102 valence electrons. The van der Waals surface area contributed by atoms with Crippen molar-refractivity contribution in [2.75, 3.05) is 0 Å². The largest absolute Gasteiger partial charge is 0.307 e. The van der Waals surface area contributed by atoms with Gasteiger partial charge in [-0.25, -0.2) is 4.39 Å². The van der Waals surface area contributed by atoms with Crippen LogP contribution in [0.4, 0.5) is 4.39 Å². The van der Waals surface area contributed by atoms with Crippen LogP contribution in [0.25, 0.3) is 0 Å². The summed E-state index contributed by atoms with van der Waals surface area (Å²) in [6, 6.07) is 11.8. The summed E-state index contributed by atoms with van der Waals surface area (Å²) >= 11 is 1.82. The van der Waals surface area contributed by atoms with E-state index in [0.29, 0.717) is 12.1 Å². The zero-order valence-corrected chi connectivity index (χ0v) is 12.4. The maximum Gasteiger partial charge on any atom is 0.123 e. The molecule has 1 N–H and O–H groups in total. The molecule has 0 aliphatic rings. The van der Waals surface area contributed by atoms with Gasteiger partial charge in [-0.3, -0.25) is 0 Å². The summed E-state index contributed by atoms with van der Waals surface area (Å²) in [5, 5.41) is 3.57. The lowest BCUT2D eigenvalue weighted by molar-refractivity contribution is 0.481. The van der Waals surface area contributed by atoms with Gasteiger partial charge in [-0.1, -0.05) is 12.1 Å². The minimum absolute atomic E-state index is 0.161. The van der Waals surface area contributed by atoms with Gasteiger partial charge < -0.3 is 5.32 Å². The van der Waals surface area contributed by atoms with E-state index in [4.69, 9.17) is 0 Å². The highest BCUT2D eigenvalue weighted by Gasteiger charge is 2.11. The molecule has 2 rings (SSSR count). The molecular formula is C16H20FNS. The van der Waals surface area contributed by atoms with Crippen molar-refractivity contribution in [2.45, 2.75) is 39.3 Å². The van der Waals surface area contributed by atoms with E-state index in [1.54, 1.807) is 12.1 Å². The molecule has 0 amide bonds. The molecule has 0 saturated carbocycles. The first-order chi connectivity index (χ1) is 9.04. The maximum atomic E-state index is 13.1. The van der Waals surface area contributed by atoms with Crippen LogP contribution in [-0.2, 0) is 6.42 Å². The fraction of sp³-hybridized carbons (Fsp3) is 0.375. The van der Waals surface area contributed by atoms with Gasteiger partial charge in [0.15, 0.2) is 0 Å². The van der Waals surface area contributed by atoms with Gasteiger partial charge in [-0.05, 0) is 57.0 Å². The fourth-order valence-corrected chi connectivity index (χ4v) is 3.16. The van der Waals surface area contributed by atoms with Crippen LogP contribution in [0.2, 0.25) is 0 Å². The SMILES string of the molecule is Cc1ccc(C(C)NC(C)Cc2cccc(F)c2)s1. The first-order valence-electron chi connectivity index (χ1n) is 6.61. The van der Waals surface area contributed by atoms with E-state index in [-0.39, 0.29) is 5.82 Å². The average molecular weight is 277 g/mol. The van der Waals surface area contributed by atoms with Gasteiger partial charge in [0.05, 0.1) is 0 Å². The van der Waals surface area contributed by atoms with Crippen LogP contribution in [0.5, 0.6) is 0 Å². The lowest BCUT2D eigenvalue weighted by atomic mass is 10.1. The first kappa shape index (κ1) is 14.2. The second-order valence-electron chi connectivity index (χ2n) is 5.07. The summed E-state index contributed by atoms with van der Waals surface area (Å²) in [6.45, 7) is 6.44. The van der Waals surface area contributed by atoms with E-state index in [0.717, 1.165) is 12.0 Å². The molecule has 19 heavy (non-hydrogen) atoms. The second kappa shape index (κ2) is 6.31. The number of nitrogens with one attached hydrogen (secondary N) is 1. The van der Waals surface area contributed by atoms with Gasteiger partial charge in [0.25, 0.3) is 0 Å². The molecule has 0 aliphatic heterocycles. The van der Waals surface area contributed by atoms with Crippen LogP contribution in [0.15, 0.2) is 36.4 Å². The lowest BCUT2D eigenvalue weighted by Crippen LogP contribution is -2.30. The molecule has 2 unspecified atom stereocenters. The predicted octanol–water partition coefficient (Wildman–Crippen LogP) is 4.48. The number of halogens is 1. The van der Waals surface area contributed by atoms with Crippen LogP contribution >= 0.6 is 11.3 Å². The van der Waals surface area contributed by atoms with Crippen molar-refractivity contribution in [3.8, 4) is 0 Å². The zero-order valence-electron chi connectivity index (χ0n) is 11.6. The molecule has 3 heteroatoms. The highest BCUT2D eigenvalue weighted by molar-refractivity contribution is 7.12. The van der Waals surface area contributed by atoms with Gasteiger partial charge in [0.1, 0.15) is 5.82 Å². The smallest absolute Gasteiger partial charge is 0.123 e. The quantitative estimate of drug-likeness (QED) is 0.850. The van der Waals surface area contributed by atoms with Crippen LogP contribution < -0.4 is 5.32 Å². The van der Waals surface area contributed by atoms with Crippen LogP contribution in [0, 0.1) is 12.7 Å². The molecule has 1 heterocycles. The molecule has 0 aliphatic carbocycles. The van der Waals surface area contributed by atoms with Gasteiger partial charge >= 0.3 is 0 Å². The number of thiophene rings is 1. The highest BCUT2D eigenvalue weighted by atomic mass is 32.1. The van der Waals surface area contributed by atoms with Crippen molar-refractivity contribution in [3.05, 3.63) is 57.5 Å². The Kier molecular flexibility index (Phi) is 4.72. The summed E-state index contributed by atoms with van der Waals surface area (Å²) in [4.78, 5) is 2.69. The number of rotatable bonds is 5. The van der Waals surface area contributed by atoms with E-state index in [9.17, 15) is 4.39 Å². The molecule has 0 fully saturated rings. The molecular weight excluding hydrogens is 257 g/mol. The third kappa shape index (κ3) is 4.15. The van der Waals surface area contributed by atoms with Crippen molar-refractivity contribution < 1.29 is 4.39 Å². The summed E-state index contributed by atoms with van der Waals surface area (Å²) in [7, 11) is 0. The van der Waals surface area contributed by atoms with E-state index >= 15 is 0 Å². The van der Waals surface area contributed by atoms with Gasteiger partial charge in [-0.15, -0.1) is 11.3 Å². The molecule has 2 aromatic rings. The third-order valence-electron chi connectivity index (χ3n) is 3.15. The molecule has 0 saturated heterocycles. The Bertz CT molecular complexity index is 535. The van der Waals surface area contributed by atoms with E-state index in [1.165, 1.54) is 15.8 Å². The van der Waals surface area contributed by atoms with Gasteiger partial charge in [0, 0.05) is 21.8 Å². The topological polar surface area (TPSA) is 12.0 Å². The normalized spacial score (nSPS) is 14.3. The van der Waals surface area contributed by atoms with Gasteiger partial charge in [0.2, 0.25) is 0 Å². The minimum atomic E-state index is -0.161.